The Balaban J connectivity index is 1.21. The van der Waals surface area contributed by atoms with Gasteiger partial charge in [0.15, 0.2) is 11.6 Å². The van der Waals surface area contributed by atoms with E-state index in [0.29, 0.717) is 54.1 Å². The lowest BCUT2D eigenvalue weighted by atomic mass is 9.96. The third kappa shape index (κ3) is 6.13. The fourth-order valence-corrected chi connectivity index (χ4v) is 6.99. The minimum Gasteiger partial charge on any atom is -0.395 e. The number of carbonyl (C=O) groups is 2. The largest absolute Gasteiger partial charge is 0.395 e. The van der Waals surface area contributed by atoms with Gasteiger partial charge < -0.3 is 24.7 Å². The molecule has 3 N–H and O–H groups in total. The van der Waals surface area contributed by atoms with Gasteiger partial charge in [-0.25, -0.2) is 9.97 Å². The molecule has 0 bridgehead atoms. The summed E-state index contributed by atoms with van der Waals surface area (Å²) in [6, 6.07) is 11.4. The van der Waals surface area contributed by atoms with E-state index in [4.69, 9.17) is 16.6 Å². The summed E-state index contributed by atoms with van der Waals surface area (Å²) in [5, 5.41) is 22.2. The van der Waals surface area contributed by atoms with Crippen molar-refractivity contribution in [2.45, 2.75) is 39.3 Å². The van der Waals surface area contributed by atoms with Gasteiger partial charge in [0.2, 0.25) is 5.78 Å². The van der Waals surface area contributed by atoms with Gasteiger partial charge in [0.05, 0.1) is 29.6 Å². The number of hydrogen-bond donors (Lipinski definition) is 3. The lowest BCUT2D eigenvalue weighted by molar-refractivity contribution is 0.0977. The molecule has 0 saturated carbocycles. The molecule has 0 atom stereocenters. The maximum atomic E-state index is 13.5. The van der Waals surface area contributed by atoms with E-state index < -0.39 is 0 Å². The highest BCUT2D eigenvalue weighted by Crippen LogP contribution is 2.36. The van der Waals surface area contributed by atoms with E-state index in [1.165, 1.54) is 0 Å². The van der Waals surface area contributed by atoms with Gasteiger partial charge in [-0.1, -0.05) is 41.9 Å². The van der Waals surface area contributed by atoms with Gasteiger partial charge in [-0.2, -0.15) is 0 Å². The van der Waals surface area contributed by atoms with Crippen LogP contribution < -0.4 is 5.32 Å². The number of aliphatic hydroxyl groups excluding tert-OH is 2. The maximum Gasteiger partial charge on any atom is 0.291 e. The van der Waals surface area contributed by atoms with Gasteiger partial charge in [0, 0.05) is 95.3 Å². The zero-order valence-electron chi connectivity index (χ0n) is 26.5. The van der Waals surface area contributed by atoms with Gasteiger partial charge in [-0.05, 0) is 29.7 Å². The normalized spacial score (nSPS) is 15.1. The first kappa shape index (κ1) is 32.1. The zero-order chi connectivity index (χ0) is 32.5. The van der Waals surface area contributed by atoms with Crippen LogP contribution in [0.4, 0.5) is 5.69 Å². The van der Waals surface area contributed by atoms with Gasteiger partial charge in [-0.3, -0.25) is 19.4 Å². The number of β-amino-alcohol motifs (C(OH)–C–C–N with tert-alkyl or cyclic N) is 2. The Labute approximate surface area is 273 Å². The second-order valence-electron chi connectivity index (χ2n) is 12.1. The minimum atomic E-state index is -0.298. The van der Waals surface area contributed by atoms with E-state index in [9.17, 15) is 19.8 Å². The summed E-state index contributed by atoms with van der Waals surface area (Å²) in [6.07, 6.45) is 1.65. The zero-order valence-corrected chi connectivity index (χ0v) is 27.3. The lowest BCUT2D eigenvalue weighted by Crippen LogP contribution is -2.33. The first-order chi connectivity index (χ1) is 22.2. The minimum absolute atomic E-state index is 0.0891. The van der Waals surface area contributed by atoms with Crippen LogP contribution in [-0.2, 0) is 46.4 Å². The number of hydrogen-bond acceptors (Lipinski definition) is 8. The summed E-state index contributed by atoms with van der Waals surface area (Å²) < 4.78 is 3.76. The molecule has 11 nitrogen and oxygen atoms in total. The fraction of sp³-hybridized carbons (Fsp3) is 0.412. The fourth-order valence-electron chi connectivity index (χ4n) is 6.70. The smallest absolute Gasteiger partial charge is 0.291 e. The van der Waals surface area contributed by atoms with Gasteiger partial charge in [0.1, 0.15) is 0 Å². The quantitative estimate of drug-likeness (QED) is 0.225. The number of amides is 1. The predicted octanol–water partition coefficient (Wildman–Crippen LogP) is 3.16. The SMILES string of the molecule is Cc1c(NC(=O)c2nc3c(n2C)CCN(CCO)C3)cccc1-c1cccc(CC(=O)c2nc3c(n2C)CCN(CCO)C3)c1Cl. The predicted molar refractivity (Wildman–Crippen MR) is 176 cm³/mol. The molecule has 0 unspecified atom stereocenters. The number of imidazole rings is 2. The maximum absolute atomic E-state index is 13.5. The first-order valence-corrected chi connectivity index (χ1v) is 16.0. The number of ketones is 1. The Bertz CT molecular complexity index is 1670. The van der Waals surface area contributed by atoms with Crippen molar-refractivity contribution in [3.63, 3.8) is 0 Å². The highest BCUT2D eigenvalue weighted by molar-refractivity contribution is 6.34. The monoisotopic (exact) mass is 645 g/mol. The number of carbonyl (C=O) groups excluding carboxylic acids is 2. The van der Waals surface area contributed by atoms with E-state index in [0.717, 1.165) is 65.4 Å². The number of halogens is 1. The number of benzene rings is 2. The van der Waals surface area contributed by atoms with E-state index in [-0.39, 0.29) is 31.3 Å². The van der Waals surface area contributed by atoms with Crippen molar-refractivity contribution in [3.05, 3.63) is 87.0 Å². The molecule has 4 aromatic rings. The molecular formula is C34H40ClN7O4. The molecule has 2 aliphatic heterocycles. The number of nitrogens with one attached hydrogen (secondary N) is 1. The van der Waals surface area contributed by atoms with Crippen LogP contribution >= 0.6 is 11.6 Å². The van der Waals surface area contributed by atoms with E-state index in [1.54, 1.807) is 0 Å². The Morgan fingerprint density at radius 3 is 2.04 bits per heavy atom. The second-order valence-corrected chi connectivity index (χ2v) is 12.5. The Morgan fingerprint density at radius 1 is 0.848 bits per heavy atom. The lowest BCUT2D eigenvalue weighted by Gasteiger charge is -2.25. The molecule has 46 heavy (non-hydrogen) atoms. The number of nitrogens with zero attached hydrogens (tertiary/aromatic N) is 6. The molecule has 0 saturated heterocycles. The molecule has 4 heterocycles. The first-order valence-electron chi connectivity index (χ1n) is 15.7. The van der Waals surface area contributed by atoms with Crippen LogP contribution in [0.5, 0.6) is 0 Å². The number of anilines is 1. The van der Waals surface area contributed by atoms with Crippen molar-refractivity contribution in [1.82, 2.24) is 28.9 Å². The summed E-state index contributed by atoms with van der Waals surface area (Å²) in [4.78, 5) is 40.6. The molecule has 2 aromatic heterocycles. The molecule has 2 aromatic carbocycles. The average molecular weight is 646 g/mol. The number of aliphatic hydroxyl groups is 2. The summed E-state index contributed by atoms with van der Waals surface area (Å²) >= 11 is 6.98. The van der Waals surface area contributed by atoms with Gasteiger partial charge in [0.25, 0.3) is 5.91 Å². The summed E-state index contributed by atoms with van der Waals surface area (Å²) in [7, 11) is 3.75. The van der Waals surface area contributed by atoms with Gasteiger partial charge >= 0.3 is 0 Å². The van der Waals surface area contributed by atoms with Crippen molar-refractivity contribution >= 4 is 29.0 Å². The van der Waals surface area contributed by atoms with Crippen LogP contribution in [-0.4, -0.2) is 90.2 Å². The Hall–Kier alpha value is -3.87. The Morgan fingerprint density at radius 2 is 1.41 bits per heavy atom. The van der Waals surface area contributed by atoms with Crippen LogP contribution in [0.1, 0.15) is 55.1 Å². The summed E-state index contributed by atoms with van der Waals surface area (Å²) in [5.41, 5.74) is 7.67. The molecule has 0 fully saturated rings. The van der Waals surface area contributed by atoms with E-state index in [2.05, 4.69) is 20.1 Å². The average Bonchev–Trinajstić information content (AvgIpc) is 3.55. The molecule has 2 aliphatic rings. The molecule has 0 aliphatic carbocycles. The number of rotatable bonds is 10. The summed E-state index contributed by atoms with van der Waals surface area (Å²) in [5.74, 6) is 0.347. The van der Waals surface area contributed by atoms with Crippen LogP contribution in [0.3, 0.4) is 0 Å². The molecule has 6 rings (SSSR count). The van der Waals surface area contributed by atoms with Crippen LogP contribution in [0.15, 0.2) is 36.4 Å². The van der Waals surface area contributed by atoms with Crippen molar-refractivity contribution in [3.8, 4) is 11.1 Å². The number of Topliss-reactive ketones (excluding diaryl/α,β-unsaturated/α-hetero) is 1. The van der Waals surface area contributed by atoms with Crippen LogP contribution in [0.25, 0.3) is 11.1 Å². The molecular weight excluding hydrogens is 606 g/mol. The number of fused-ring (bicyclic) bond motifs is 2. The third-order valence-electron chi connectivity index (χ3n) is 9.26. The second kappa shape index (κ2) is 13.5. The van der Waals surface area contributed by atoms with Gasteiger partial charge in [-0.15, -0.1) is 0 Å². The topological polar surface area (TPSA) is 129 Å². The van der Waals surface area contributed by atoms with Crippen LogP contribution in [0.2, 0.25) is 5.02 Å². The molecule has 0 spiro atoms. The van der Waals surface area contributed by atoms with Crippen molar-refractivity contribution < 1.29 is 19.8 Å². The standard InChI is InChI=1S/C34H40ClN7O4/c1-21-23(7-5-9-25(21)38-34(46)33-37-27-20-42(15-17-44)13-11-29(27)40(33)3)24-8-4-6-22(31(24)35)18-30(45)32-36-26-19-41(14-16-43)12-10-28(26)39(32)2/h4-9,43-44H,10-20H2,1-3H3,(H,38,46). The van der Waals surface area contributed by atoms with Crippen molar-refractivity contribution in [1.29, 1.82) is 0 Å². The Kier molecular flexibility index (Phi) is 9.39. The highest BCUT2D eigenvalue weighted by atomic mass is 35.5. The van der Waals surface area contributed by atoms with E-state index in [1.807, 2.05) is 66.6 Å². The molecule has 0 radical (unpaired) electrons. The highest BCUT2D eigenvalue weighted by Gasteiger charge is 2.27. The number of aromatic nitrogens is 4. The molecule has 12 heteroatoms. The third-order valence-corrected chi connectivity index (χ3v) is 9.70. The summed E-state index contributed by atoms with van der Waals surface area (Å²) in [6.45, 7) is 6.14. The van der Waals surface area contributed by atoms with Crippen molar-refractivity contribution in [2.75, 3.05) is 44.7 Å². The van der Waals surface area contributed by atoms with Crippen molar-refractivity contribution in [2.24, 2.45) is 14.1 Å². The molecule has 1 amide bonds. The molecule has 242 valence electrons. The van der Waals surface area contributed by atoms with Crippen LogP contribution in [0, 0.1) is 6.92 Å². The van der Waals surface area contributed by atoms with E-state index >= 15 is 0 Å².